The first-order valence-electron chi connectivity index (χ1n) is 13.0. The maximum Gasteiger partial charge on any atom is 0.254 e. The Bertz CT molecular complexity index is 1520. The Morgan fingerprint density at radius 2 is 2.05 bits per heavy atom. The Labute approximate surface area is 230 Å². The number of carbonyl (C=O) groups is 2. The van der Waals surface area contributed by atoms with Crippen LogP contribution >= 0.6 is 11.6 Å². The van der Waals surface area contributed by atoms with Gasteiger partial charge in [0.15, 0.2) is 0 Å². The molecule has 1 atom stereocenters. The first kappa shape index (κ1) is 25.3. The second-order valence-corrected chi connectivity index (χ2v) is 10.3. The number of benzene rings is 1. The van der Waals surface area contributed by atoms with Crippen LogP contribution in [0.3, 0.4) is 0 Å². The molecule has 0 saturated carbocycles. The monoisotopic (exact) mass is 545 g/mol. The van der Waals surface area contributed by atoms with Crippen LogP contribution in [0.2, 0.25) is 5.02 Å². The van der Waals surface area contributed by atoms with E-state index in [4.69, 9.17) is 16.3 Å². The molecular weight excluding hydrogens is 518 g/mol. The van der Waals surface area contributed by atoms with Crippen LogP contribution < -0.4 is 10.6 Å². The van der Waals surface area contributed by atoms with Crippen molar-refractivity contribution in [2.45, 2.75) is 38.4 Å². The zero-order valence-corrected chi connectivity index (χ0v) is 22.2. The van der Waals surface area contributed by atoms with Gasteiger partial charge in [-0.3, -0.25) is 9.59 Å². The number of aromatic nitrogens is 4. The lowest BCUT2D eigenvalue weighted by Crippen LogP contribution is -2.38. The van der Waals surface area contributed by atoms with Gasteiger partial charge in [-0.05, 0) is 43.5 Å². The third kappa shape index (κ3) is 5.30. The summed E-state index contributed by atoms with van der Waals surface area (Å²) in [5.74, 6) is 0.0443. The number of amides is 2. The van der Waals surface area contributed by atoms with E-state index in [1.54, 1.807) is 17.2 Å². The molecule has 2 amide bonds. The lowest BCUT2D eigenvalue weighted by molar-refractivity contribution is -0.122. The number of fused-ring (bicyclic) bond motifs is 2. The van der Waals surface area contributed by atoms with E-state index in [0.29, 0.717) is 42.0 Å². The molecule has 200 valence electrons. The van der Waals surface area contributed by atoms with E-state index in [2.05, 4.69) is 25.6 Å². The molecule has 2 aliphatic heterocycles. The van der Waals surface area contributed by atoms with Crippen molar-refractivity contribution in [2.24, 2.45) is 0 Å². The van der Waals surface area contributed by atoms with E-state index in [9.17, 15) is 9.59 Å². The Morgan fingerprint density at radius 1 is 1.21 bits per heavy atom. The summed E-state index contributed by atoms with van der Waals surface area (Å²) in [5, 5.41) is 6.71. The summed E-state index contributed by atoms with van der Waals surface area (Å²) in [6, 6.07) is 11.3. The van der Waals surface area contributed by atoms with Gasteiger partial charge in [-0.25, -0.2) is 15.0 Å². The Balaban J connectivity index is 1.13. The van der Waals surface area contributed by atoms with Crippen LogP contribution in [0.15, 0.2) is 55.0 Å². The van der Waals surface area contributed by atoms with Gasteiger partial charge in [0.1, 0.15) is 12.2 Å². The number of imidazole rings is 1. The average Bonchev–Trinajstić information content (AvgIpc) is 3.51. The van der Waals surface area contributed by atoms with Gasteiger partial charge >= 0.3 is 0 Å². The van der Waals surface area contributed by atoms with Crippen molar-refractivity contribution in [1.29, 1.82) is 0 Å². The number of rotatable bonds is 7. The number of ether oxygens (including phenoxy) is 1. The largest absolute Gasteiger partial charge is 0.381 e. The molecule has 0 radical (unpaired) electrons. The maximum absolute atomic E-state index is 13.2. The molecule has 5 heterocycles. The molecule has 0 aliphatic carbocycles. The minimum absolute atomic E-state index is 0.0476. The van der Waals surface area contributed by atoms with Crippen LogP contribution in [0.1, 0.15) is 47.4 Å². The highest BCUT2D eigenvalue weighted by molar-refractivity contribution is 6.33. The molecule has 3 aromatic heterocycles. The van der Waals surface area contributed by atoms with Crippen molar-refractivity contribution >= 4 is 35.0 Å². The van der Waals surface area contributed by atoms with E-state index in [0.717, 1.165) is 35.3 Å². The van der Waals surface area contributed by atoms with Gasteiger partial charge in [-0.15, -0.1) is 0 Å². The number of pyridine rings is 1. The van der Waals surface area contributed by atoms with Gasteiger partial charge < -0.3 is 24.7 Å². The van der Waals surface area contributed by atoms with Gasteiger partial charge in [0.05, 0.1) is 28.6 Å². The average molecular weight is 546 g/mol. The van der Waals surface area contributed by atoms with Crippen molar-refractivity contribution in [3.63, 3.8) is 0 Å². The van der Waals surface area contributed by atoms with Gasteiger partial charge in [0.25, 0.3) is 5.91 Å². The molecule has 2 aliphatic rings. The van der Waals surface area contributed by atoms with E-state index in [-0.39, 0.29) is 30.4 Å². The fourth-order valence-electron chi connectivity index (χ4n) is 5.00. The van der Waals surface area contributed by atoms with Crippen LogP contribution in [0.25, 0.3) is 16.9 Å². The number of nitrogens with one attached hydrogen (secondary N) is 2. The summed E-state index contributed by atoms with van der Waals surface area (Å²) in [7, 11) is 0. The molecule has 39 heavy (non-hydrogen) atoms. The molecule has 1 unspecified atom stereocenters. The van der Waals surface area contributed by atoms with Crippen molar-refractivity contribution in [1.82, 2.24) is 29.6 Å². The topological polar surface area (TPSA) is 114 Å². The minimum Gasteiger partial charge on any atom is -0.381 e. The molecule has 10 nitrogen and oxygen atoms in total. The molecule has 4 aromatic rings. The second-order valence-electron chi connectivity index (χ2n) is 9.88. The van der Waals surface area contributed by atoms with Crippen molar-refractivity contribution in [2.75, 3.05) is 25.1 Å². The molecule has 11 heteroatoms. The van der Waals surface area contributed by atoms with E-state index >= 15 is 0 Å². The zero-order chi connectivity index (χ0) is 26.9. The summed E-state index contributed by atoms with van der Waals surface area (Å²) in [6.07, 6.45) is 7.14. The number of hydrogen-bond acceptors (Lipinski definition) is 7. The minimum atomic E-state index is -0.298. The van der Waals surface area contributed by atoms with E-state index < -0.39 is 0 Å². The lowest BCUT2D eigenvalue weighted by atomic mass is 10.0. The van der Waals surface area contributed by atoms with Crippen LogP contribution in [-0.2, 0) is 16.1 Å². The van der Waals surface area contributed by atoms with Gasteiger partial charge in [0.2, 0.25) is 11.9 Å². The molecule has 6 rings (SSSR count). The molecule has 0 spiro atoms. The fraction of sp³-hybridized carbons (Fsp3) is 0.321. The van der Waals surface area contributed by atoms with Crippen LogP contribution in [0.4, 0.5) is 5.95 Å². The third-order valence-corrected chi connectivity index (χ3v) is 7.38. The molecule has 1 saturated heterocycles. The van der Waals surface area contributed by atoms with Crippen molar-refractivity contribution in [3.05, 3.63) is 76.8 Å². The van der Waals surface area contributed by atoms with Crippen molar-refractivity contribution in [3.8, 4) is 11.3 Å². The highest BCUT2D eigenvalue weighted by Crippen LogP contribution is 2.31. The third-order valence-electron chi connectivity index (χ3n) is 7.10. The Morgan fingerprint density at radius 3 is 2.87 bits per heavy atom. The summed E-state index contributed by atoms with van der Waals surface area (Å²) in [5.41, 5.74) is 4.23. The molecule has 0 bridgehead atoms. The molecule has 1 aromatic carbocycles. The van der Waals surface area contributed by atoms with E-state index in [1.807, 2.05) is 54.0 Å². The Hall–Kier alpha value is -4.02. The molecule has 2 N–H and O–H groups in total. The number of anilines is 1. The van der Waals surface area contributed by atoms with Gasteiger partial charge in [-0.2, -0.15) is 0 Å². The van der Waals surface area contributed by atoms with Gasteiger partial charge in [0, 0.05) is 49.3 Å². The normalized spacial score (nSPS) is 16.4. The first-order valence-corrected chi connectivity index (χ1v) is 13.3. The first-order chi connectivity index (χ1) is 18.9. The highest BCUT2D eigenvalue weighted by Gasteiger charge is 2.30. The van der Waals surface area contributed by atoms with Crippen LogP contribution in [0.5, 0.6) is 0 Å². The summed E-state index contributed by atoms with van der Waals surface area (Å²) >= 11 is 6.46. The smallest absolute Gasteiger partial charge is 0.254 e. The SMILES string of the molecule is CC(NC(=O)CN1Cc2ccc(-c3nc(NC4CCOCC4)ncc3Cl)cc2C1=O)c1cn2ccccc2n1. The maximum atomic E-state index is 13.2. The lowest BCUT2D eigenvalue weighted by Gasteiger charge is -2.23. The van der Waals surface area contributed by atoms with Gasteiger partial charge in [-0.1, -0.05) is 29.8 Å². The Kier molecular flexibility index (Phi) is 6.88. The fourth-order valence-corrected chi connectivity index (χ4v) is 5.20. The van der Waals surface area contributed by atoms with Crippen molar-refractivity contribution < 1.29 is 14.3 Å². The molecule has 1 fully saturated rings. The summed E-state index contributed by atoms with van der Waals surface area (Å²) in [6.45, 7) is 3.60. The van der Waals surface area contributed by atoms with Crippen LogP contribution in [0, 0.1) is 0 Å². The number of hydrogen-bond donors (Lipinski definition) is 2. The predicted molar refractivity (Wildman–Crippen MR) is 146 cm³/mol. The standard InChI is InChI=1S/C28H28ClN7O3/c1-17(23-15-35-9-3-2-4-24(35)33-23)31-25(37)16-36-14-19-6-5-18(12-21(19)27(36)38)26-22(29)13-30-28(34-26)32-20-7-10-39-11-8-20/h2-6,9,12-13,15,17,20H,7-8,10-11,14,16H2,1H3,(H,31,37)(H,30,32,34). The van der Waals surface area contributed by atoms with E-state index in [1.165, 1.54) is 0 Å². The highest BCUT2D eigenvalue weighted by atomic mass is 35.5. The number of carbonyl (C=O) groups excluding carboxylic acids is 2. The summed E-state index contributed by atoms with van der Waals surface area (Å²) in [4.78, 5) is 41.2. The predicted octanol–water partition coefficient (Wildman–Crippen LogP) is 3.87. The second kappa shape index (κ2) is 10.6. The van der Waals surface area contributed by atoms with Crippen LogP contribution in [-0.4, -0.2) is 61.9 Å². The number of nitrogens with zero attached hydrogens (tertiary/aromatic N) is 5. The quantitative estimate of drug-likeness (QED) is 0.362. The zero-order valence-electron chi connectivity index (χ0n) is 21.4. The number of halogens is 1. The molecular formula is C28H28ClN7O3. The summed E-state index contributed by atoms with van der Waals surface area (Å²) < 4.78 is 7.33.